The van der Waals surface area contributed by atoms with Crippen LogP contribution in [0.1, 0.15) is 16.7 Å². The third-order valence-corrected chi connectivity index (χ3v) is 5.69. The second-order valence-electron chi connectivity index (χ2n) is 6.39. The number of carboxylic acid groups (broad SMARTS) is 1. The molecule has 0 saturated carbocycles. The lowest BCUT2D eigenvalue weighted by Gasteiger charge is -2.16. The van der Waals surface area contributed by atoms with E-state index < -0.39 is 11.9 Å². The van der Waals surface area contributed by atoms with Crippen molar-refractivity contribution in [2.45, 2.75) is 29.9 Å². The molecule has 2 unspecified atom stereocenters. The summed E-state index contributed by atoms with van der Waals surface area (Å²) in [5.41, 5.74) is 3.26. The first-order valence-corrected chi connectivity index (χ1v) is 9.21. The van der Waals surface area contributed by atoms with E-state index in [0.717, 1.165) is 16.0 Å². The number of amides is 1. The van der Waals surface area contributed by atoms with Gasteiger partial charge in [-0.25, -0.2) is 0 Å². The second kappa shape index (κ2) is 7.74. The number of nitrogens with one attached hydrogen (secondary N) is 1. The average molecular weight is 355 g/mol. The van der Waals surface area contributed by atoms with Gasteiger partial charge in [-0.1, -0.05) is 48.0 Å². The maximum absolute atomic E-state index is 12.4. The molecular weight excluding hydrogens is 334 g/mol. The van der Waals surface area contributed by atoms with Crippen LogP contribution in [0.25, 0.3) is 0 Å². The van der Waals surface area contributed by atoms with E-state index in [4.69, 9.17) is 0 Å². The molecule has 2 aromatic rings. The highest BCUT2D eigenvalue weighted by molar-refractivity contribution is 8.01. The first kappa shape index (κ1) is 17.5. The van der Waals surface area contributed by atoms with Crippen LogP contribution in [0.15, 0.2) is 53.4 Å². The Morgan fingerprint density at radius 1 is 1.24 bits per heavy atom. The summed E-state index contributed by atoms with van der Waals surface area (Å²) in [6.45, 7) is 2.13. The van der Waals surface area contributed by atoms with Crippen molar-refractivity contribution in [1.82, 2.24) is 5.32 Å². The molecule has 0 bridgehead atoms. The summed E-state index contributed by atoms with van der Waals surface area (Å²) in [7, 11) is 0. The van der Waals surface area contributed by atoms with E-state index in [2.05, 4.69) is 5.32 Å². The number of aryl methyl sites for hydroxylation is 1. The van der Waals surface area contributed by atoms with Gasteiger partial charge in [0.15, 0.2) is 0 Å². The molecule has 0 radical (unpaired) electrons. The molecule has 0 saturated heterocycles. The van der Waals surface area contributed by atoms with E-state index in [9.17, 15) is 14.7 Å². The summed E-state index contributed by atoms with van der Waals surface area (Å²) < 4.78 is 0. The number of thioether (sulfide) groups is 1. The van der Waals surface area contributed by atoms with Gasteiger partial charge in [0.1, 0.15) is 0 Å². The minimum absolute atomic E-state index is 0.0864. The highest BCUT2D eigenvalue weighted by Gasteiger charge is 2.29. The van der Waals surface area contributed by atoms with Crippen LogP contribution < -0.4 is 5.32 Å². The minimum Gasteiger partial charge on any atom is -0.481 e. The van der Waals surface area contributed by atoms with Gasteiger partial charge in [0.05, 0.1) is 11.2 Å². The fourth-order valence-electron chi connectivity index (χ4n) is 3.04. The first-order chi connectivity index (χ1) is 12.0. The highest BCUT2D eigenvalue weighted by atomic mass is 32.2. The van der Waals surface area contributed by atoms with Crippen LogP contribution in [0.2, 0.25) is 0 Å². The molecule has 2 aromatic carbocycles. The second-order valence-corrected chi connectivity index (χ2v) is 7.64. The fourth-order valence-corrected chi connectivity index (χ4v) is 4.26. The van der Waals surface area contributed by atoms with Gasteiger partial charge in [-0.05, 0) is 37.0 Å². The summed E-state index contributed by atoms with van der Waals surface area (Å²) in [5.74, 6) is -1.60. The number of hydrogen-bond donors (Lipinski definition) is 2. The molecule has 2 atom stereocenters. The van der Waals surface area contributed by atoms with E-state index in [1.165, 1.54) is 5.56 Å². The zero-order chi connectivity index (χ0) is 17.8. The maximum atomic E-state index is 12.4. The number of fused-ring (bicyclic) bond motifs is 1. The third-order valence-electron chi connectivity index (χ3n) is 4.38. The Balaban J connectivity index is 1.57. The predicted octanol–water partition coefficient (Wildman–Crippen LogP) is 3.07. The number of carboxylic acids is 1. The van der Waals surface area contributed by atoms with Gasteiger partial charge in [-0.2, -0.15) is 0 Å². The van der Waals surface area contributed by atoms with Crippen LogP contribution in [0.3, 0.4) is 0 Å². The smallest absolute Gasteiger partial charge is 0.308 e. The Morgan fingerprint density at radius 3 is 2.76 bits per heavy atom. The molecule has 0 aliphatic carbocycles. The number of rotatable bonds is 6. The lowest BCUT2D eigenvalue weighted by atomic mass is 9.98. The summed E-state index contributed by atoms with van der Waals surface area (Å²) in [4.78, 5) is 25.1. The predicted molar refractivity (Wildman–Crippen MR) is 98.8 cm³/mol. The van der Waals surface area contributed by atoms with Crippen LogP contribution >= 0.6 is 11.8 Å². The zero-order valence-electron chi connectivity index (χ0n) is 14.1. The molecule has 130 valence electrons. The van der Waals surface area contributed by atoms with Gasteiger partial charge in [0, 0.05) is 11.4 Å². The fraction of sp³-hybridized carbons (Fsp3) is 0.300. The molecular formula is C20H21NO3S. The lowest BCUT2D eigenvalue weighted by Crippen LogP contribution is -2.38. The summed E-state index contributed by atoms with van der Waals surface area (Å²) >= 11 is 1.55. The van der Waals surface area contributed by atoms with Gasteiger partial charge in [-0.15, -0.1) is 11.8 Å². The van der Waals surface area contributed by atoms with Gasteiger partial charge in [0.25, 0.3) is 0 Å². The SMILES string of the molecule is Cc1cccc(CC(CNC(=O)C2Cc3ccccc3S2)C(=O)O)c1. The molecule has 1 aliphatic rings. The van der Waals surface area contributed by atoms with Crippen molar-refractivity contribution in [3.05, 3.63) is 65.2 Å². The Bertz CT molecular complexity index is 765. The average Bonchev–Trinajstić information content (AvgIpc) is 3.02. The third kappa shape index (κ3) is 4.42. The number of hydrogen-bond acceptors (Lipinski definition) is 3. The maximum Gasteiger partial charge on any atom is 0.308 e. The molecule has 0 spiro atoms. The van der Waals surface area contributed by atoms with Crippen LogP contribution in [-0.2, 0) is 22.4 Å². The van der Waals surface area contributed by atoms with Crippen molar-refractivity contribution in [3.63, 3.8) is 0 Å². The number of carbonyl (C=O) groups excluding carboxylic acids is 1. The van der Waals surface area contributed by atoms with Crippen LogP contribution in [0.4, 0.5) is 0 Å². The molecule has 0 fully saturated rings. The van der Waals surface area contributed by atoms with E-state index in [-0.39, 0.29) is 17.7 Å². The van der Waals surface area contributed by atoms with Crippen molar-refractivity contribution in [2.75, 3.05) is 6.54 Å². The number of benzene rings is 2. The molecule has 25 heavy (non-hydrogen) atoms. The first-order valence-electron chi connectivity index (χ1n) is 8.33. The topological polar surface area (TPSA) is 66.4 Å². The molecule has 1 amide bonds. The van der Waals surface area contributed by atoms with Crippen LogP contribution in [0, 0.1) is 12.8 Å². The van der Waals surface area contributed by atoms with Crippen molar-refractivity contribution < 1.29 is 14.7 Å². The minimum atomic E-state index is -0.885. The summed E-state index contributed by atoms with van der Waals surface area (Å²) in [6.07, 6.45) is 1.11. The molecule has 3 rings (SSSR count). The Morgan fingerprint density at radius 2 is 2.04 bits per heavy atom. The van der Waals surface area contributed by atoms with Gasteiger partial charge >= 0.3 is 5.97 Å². The molecule has 1 heterocycles. The zero-order valence-corrected chi connectivity index (χ0v) is 14.9. The standard InChI is InChI=1S/C20H21NO3S/c1-13-5-4-6-14(9-13)10-16(20(23)24)12-21-19(22)18-11-15-7-2-3-8-17(15)25-18/h2-9,16,18H,10-12H2,1H3,(H,21,22)(H,23,24). The van der Waals surface area contributed by atoms with Crippen molar-refractivity contribution in [2.24, 2.45) is 5.92 Å². The normalized spacial score (nSPS) is 16.9. The van der Waals surface area contributed by atoms with Crippen LogP contribution in [0.5, 0.6) is 0 Å². The Kier molecular flexibility index (Phi) is 5.43. The molecule has 0 aromatic heterocycles. The quantitative estimate of drug-likeness (QED) is 0.836. The van der Waals surface area contributed by atoms with E-state index in [1.807, 2.05) is 55.5 Å². The van der Waals surface area contributed by atoms with Crippen molar-refractivity contribution in [3.8, 4) is 0 Å². The number of carbonyl (C=O) groups is 2. The highest BCUT2D eigenvalue weighted by Crippen LogP contribution is 2.36. The molecule has 5 heteroatoms. The Hall–Kier alpha value is -2.27. The Labute approximate surface area is 151 Å². The van der Waals surface area contributed by atoms with Crippen molar-refractivity contribution in [1.29, 1.82) is 0 Å². The molecule has 2 N–H and O–H groups in total. The molecule has 4 nitrogen and oxygen atoms in total. The van der Waals surface area contributed by atoms with Crippen molar-refractivity contribution >= 4 is 23.6 Å². The largest absolute Gasteiger partial charge is 0.481 e. The summed E-state index contributed by atoms with van der Waals surface area (Å²) in [5, 5.41) is 12.1. The van der Waals surface area contributed by atoms with E-state index in [1.54, 1.807) is 11.8 Å². The van der Waals surface area contributed by atoms with Gasteiger partial charge in [0.2, 0.25) is 5.91 Å². The number of aliphatic carboxylic acids is 1. The monoisotopic (exact) mass is 355 g/mol. The van der Waals surface area contributed by atoms with Gasteiger partial charge in [-0.3, -0.25) is 9.59 Å². The lowest BCUT2D eigenvalue weighted by molar-refractivity contribution is -0.141. The van der Waals surface area contributed by atoms with E-state index >= 15 is 0 Å². The summed E-state index contributed by atoms with van der Waals surface area (Å²) in [6, 6.07) is 15.8. The van der Waals surface area contributed by atoms with Gasteiger partial charge < -0.3 is 10.4 Å². The van der Waals surface area contributed by atoms with E-state index in [0.29, 0.717) is 12.8 Å². The molecule has 1 aliphatic heterocycles. The van der Waals surface area contributed by atoms with Crippen LogP contribution in [-0.4, -0.2) is 28.8 Å².